The first-order chi connectivity index (χ1) is 9.19. The van der Waals surface area contributed by atoms with Gasteiger partial charge in [0.05, 0.1) is 12.2 Å². The second-order valence-electron chi connectivity index (χ2n) is 4.99. The molecule has 0 aliphatic carbocycles. The molecule has 3 nitrogen and oxygen atoms in total. The van der Waals surface area contributed by atoms with E-state index in [-0.39, 0.29) is 6.10 Å². The number of nitrogens with one attached hydrogen (secondary N) is 1. The van der Waals surface area contributed by atoms with Crippen molar-refractivity contribution in [2.45, 2.75) is 38.9 Å². The molecule has 1 fully saturated rings. The Morgan fingerprint density at radius 1 is 1.37 bits per heavy atom. The Morgan fingerprint density at radius 2 is 2.16 bits per heavy atom. The van der Waals surface area contributed by atoms with Crippen LogP contribution in [0.3, 0.4) is 0 Å². The number of likely N-dealkylation sites (N-methyl/N-ethyl adjacent to an activating group) is 1. The summed E-state index contributed by atoms with van der Waals surface area (Å²) in [6.45, 7) is 6.77. The van der Waals surface area contributed by atoms with Crippen molar-refractivity contribution in [3.63, 3.8) is 0 Å². The molecule has 0 radical (unpaired) electrons. The first-order valence-electron chi connectivity index (χ1n) is 6.94. The Hall–Kier alpha value is -0.580. The van der Waals surface area contributed by atoms with Crippen LogP contribution in [-0.4, -0.2) is 31.9 Å². The average molecular weight is 328 g/mol. The number of hydrogen-bond donors (Lipinski definition) is 1. The van der Waals surface area contributed by atoms with Crippen molar-refractivity contribution in [3.05, 3.63) is 28.2 Å². The number of rotatable bonds is 6. The highest BCUT2D eigenvalue weighted by molar-refractivity contribution is 9.10. The summed E-state index contributed by atoms with van der Waals surface area (Å²) >= 11 is 3.46. The van der Waals surface area contributed by atoms with E-state index in [2.05, 4.69) is 41.2 Å². The maximum Gasteiger partial charge on any atom is 0.122 e. The van der Waals surface area contributed by atoms with Gasteiger partial charge >= 0.3 is 0 Å². The molecule has 0 saturated carbocycles. The Morgan fingerprint density at radius 3 is 2.89 bits per heavy atom. The third-order valence-corrected chi connectivity index (χ3v) is 3.87. The first-order valence-corrected chi connectivity index (χ1v) is 7.73. The molecule has 4 heteroatoms. The molecule has 1 N–H and O–H groups in total. The second kappa shape index (κ2) is 7.27. The van der Waals surface area contributed by atoms with E-state index in [9.17, 15) is 0 Å². The van der Waals surface area contributed by atoms with Crippen LogP contribution in [0.25, 0.3) is 0 Å². The van der Waals surface area contributed by atoms with Crippen LogP contribution in [0.15, 0.2) is 22.7 Å². The van der Waals surface area contributed by atoms with Crippen molar-refractivity contribution >= 4 is 15.9 Å². The predicted octanol–water partition coefficient (Wildman–Crippen LogP) is 3.29. The van der Waals surface area contributed by atoms with Crippen LogP contribution in [0.1, 0.15) is 25.3 Å². The molecular weight excluding hydrogens is 306 g/mol. The fourth-order valence-electron chi connectivity index (χ4n) is 2.32. The van der Waals surface area contributed by atoms with Gasteiger partial charge in [0.2, 0.25) is 0 Å². The van der Waals surface area contributed by atoms with Gasteiger partial charge in [0, 0.05) is 11.0 Å². The maximum atomic E-state index is 5.95. The van der Waals surface area contributed by atoms with Crippen molar-refractivity contribution in [3.8, 4) is 5.75 Å². The molecule has 106 valence electrons. The monoisotopic (exact) mass is 327 g/mol. The lowest BCUT2D eigenvalue weighted by molar-refractivity contribution is 0.0187. The molecular formula is C15H22BrNO2. The normalized spacial score (nSPS) is 22.7. The lowest BCUT2D eigenvalue weighted by Gasteiger charge is -2.16. The molecule has 1 heterocycles. The minimum absolute atomic E-state index is 0.228. The van der Waals surface area contributed by atoms with Crippen LogP contribution >= 0.6 is 15.9 Å². The summed E-state index contributed by atoms with van der Waals surface area (Å²) in [6, 6.07) is 6.08. The average Bonchev–Trinajstić information content (AvgIpc) is 2.83. The summed E-state index contributed by atoms with van der Waals surface area (Å²) in [4.78, 5) is 0. The Labute approximate surface area is 123 Å². The molecule has 0 aromatic heterocycles. The highest BCUT2D eigenvalue weighted by atomic mass is 79.9. The van der Waals surface area contributed by atoms with Gasteiger partial charge in [-0.05, 0) is 50.1 Å². The van der Waals surface area contributed by atoms with Gasteiger partial charge in [-0.1, -0.05) is 22.9 Å². The third kappa shape index (κ3) is 4.48. The van der Waals surface area contributed by atoms with E-state index in [0.717, 1.165) is 41.7 Å². The molecule has 2 rings (SSSR count). The van der Waals surface area contributed by atoms with Crippen LogP contribution in [0.5, 0.6) is 5.75 Å². The summed E-state index contributed by atoms with van der Waals surface area (Å²) in [5, 5.41) is 3.33. The van der Waals surface area contributed by atoms with Gasteiger partial charge in [0.1, 0.15) is 12.4 Å². The number of hydrogen-bond acceptors (Lipinski definition) is 3. The van der Waals surface area contributed by atoms with Gasteiger partial charge in [-0.15, -0.1) is 0 Å². The van der Waals surface area contributed by atoms with Crippen molar-refractivity contribution < 1.29 is 9.47 Å². The minimum Gasteiger partial charge on any atom is -0.491 e. The molecule has 1 saturated heterocycles. The van der Waals surface area contributed by atoms with Crippen molar-refractivity contribution in [1.29, 1.82) is 0 Å². The summed E-state index contributed by atoms with van der Waals surface area (Å²) < 4.78 is 12.9. The number of benzene rings is 1. The Balaban J connectivity index is 1.77. The molecule has 1 aliphatic rings. The van der Waals surface area contributed by atoms with Crippen LogP contribution in [0.4, 0.5) is 0 Å². The van der Waals surface area contributed by atoms with Crippen molar-refractivity contribution in [2.75, 3.05) is 19.7 Å². The SMILES string of the molecule is CCNCC1CCC(COc2ccc(Br)cc2C)O1. The van der Waals surface area contributed by atoms with Gasteiger partial charge in [0.25, 0.3) is 0 Å². The highest BCUT2D eigenvalue weighted by Crippen LogP contribution is 2.24. The standard InChI is InChI=1S/C15H22BrNO2/c1-3-17-9-13-5-6-14(19-13)10-18-15-7-4-12(16)8-11(15)2/h4,7-8,13-14,17H,3,5-6,9-10H2,1-2H3. The molecule has 1 aromatic carbocycles. The zero-order chi connectivity index (χ0) is 13.7. The molecule has 1 aromatic rings. The lowest BCUT2D eigenvalue weighted by atomic mass is 10.2. The van der Waals surface area contributed by atoms with E-state index in [4.69, 9.17) is 9.47 Å². The number of aryl methyl sites for hydroxylation is 1. The van der Waals surface area contributed by atoms with E-state index < -0.39 is 0 Å². The number of ether oxygens (including phenoxy) is 2. The molecule has 2 unspecified atom stereocenters. The molecule has 0 amide bonds. The topological polar surface area (TPSA) is 30.5 Å². The second-order valence-corrected chi connectivity index (χ2v) is 5.90. The van der Waals surface area contributed by atoms with Gasteiger partial charge in [-0.25, -0.2) is 0 Å². The molecule has 0 bridgehead atoms. The first kappa shape index (κ1) is 14.8. The summed E-state index contributed by atoms with van der Waals surface area (Å²) in [5.74, 6) is 0.946. The molecule has 19 heavy (non-hydrogen) atoms. The molecule has 2 atom stereocenters. The Kier molecular flexibility index (Phi) is 5.67. The van der Waals surface area contributed by atoms with E-state index in [1.165, 1.54) is 0 Å². The van der Waals surface area contributed by atoms with Crippen LogP contribution < -0.4 is 10.1 Å². The smallest absolute Gasteiger partial charge is 0.122 e. The summed E-state index contributed by atoms with van der Waals surface area (Å²) in [6.07, 6.45) is 2.79. The van der Waals surface area contributed by atoms with Crippen LogP contribution in [0.2, 0.25) is 0 Å². The van der Waals surface area contributed by atoms with Crippen molar-refractivity contribution in [1.82, 2.24) is 5.32 Å². The summed E-state index contributed by atoms with van der Waals surface area (Å²) in [5.41, 5.74) is 1.15. The van der Waals surface area contributed by atoms with E-state index >= 15 is 0 Å². The van der Waals surface area contributed by atoms with Gasteiger partial charge in [-0.2, -0.15) is 0 Å². The van der Waals surface area contributed by atoms with Crippen LogP contribution in [0, 0.1) is 6.92 Å². The fourth-order valence-corrected chi connectivity index (χ4v) is 2.79. The van der Waals surface area contributed by atoms with E-state index in [1.807, 2.05) is 12.1 Å². The van der Waals surface area contributed by atoms with Crippen LogP contribution in [-0.2, 0) is 4.74 Å². The molecule has 0 spiro atoms. The highest BCUT2D eigenvalue weighted by Gasteiger charge is 2.25. The van der Waals surface area contributed by atoms with Gasteiger partial charge in [0.15, 0.2) is 0 Å². The zero-order valence-corrected chi connectivity index (χ0v) is 13.2. The van der Waals surface area contributed by atoms with Gasteiger partial charge < -0.3 is 14.8 Å². The molecule has 1 aliphatic heterocycles. The van der Waals surface area contributed by atoms with E-state index in [0.29, 0.717) is 12.7 Å². The maximum absolute atomic E-state index is 5.95. The predicted molar refractivity (Wildman–Crippen MR) is 80.8 cm³/mol. The largest absolute Gasteiger partial charge is 0.491 e. The van der Waals surface area contributed by atoms with Gasteiger partial charge in [-0.3, -0.25) is 0 Å². The van der Waals surface area contributed by atoms with Crippen molar-refractivity contribution in [2.24, 2.45) is 0 Å². The Bertz CT molecular complexity index is 411. The van der Waals surface area contributed by atoms with E-state index in [1.54, 1.807) is 0 Å². The minimum atomic E-state index is 0.228. The number of halogens is 1. The zero-order valence-electron chi connectivity index (χ0n) is 11.6. The fraction of sp³-hybridized carbons (Fsp3) is 0.600. The summed E-state index contributed by atoms with van der Waals surface area (Å²) in [7, 11) is 0. The third-order valence-electron chi connectivity index (χ3n) is 3.38. The lowest BCUT2D eigenvalue weighted by Crippen LogP contribution is -2.28. The quantitative estimate of drug-likeness (QED) is 0.869.